The molecule has 0 unspecified atom stereocenters. The number of aromatic nitrogens is 1. The largest absolute Gasteiger partial charge is 0.506 e. The third-order valence-corrected chi connectivity index (χ3v) is 6.52. The van der Waals surface area contributed by atoms with Crippen molar-refractivity contribution < 1.29 is 9.90 Å². The number of pyridine rings is 1. The van der Waals surface area contributed by atoms with E-state index >= 15 is 0 Å². The van der Waals surface area contributed by atoms with Crippen molar-refractivity contribution in [1.82, 2.24) is 9.88 Å². The minimum atomic E-state index is 0.00676. The number of piperazine rings is 1. The molecule has 0 radical (unpaired) electrons. The van der Waals surface area contributed by atoms with Crippen molar-refractivity contribution in [2.24, 2.45) is 0 Å². The van der Waals surface area contributed by atoms with E-state index in [2.05, 4.69) is 41.9 Å². The summed E-state index contributed by atoms with van der Waals surface area (Å²) in [4.78, 5) is 22.9. The van der Waals surface area contributed by atoms with Crippen molar-refractivity contribution in [2.75, 3.05) is 31.1 Å². The zero-order valence-electron chi connectivity index (χ0n) is 17.2. The number of carbonyl (C=O) groups is 1. The maximum atomic E-state index is 13.3. The summed E-state index contributed by atoms with van der Waals surface area (Å²) in [5, 5.41) is 10.8. The Balaban J connectivity index is 1.49. The molecule has 1 fully saturated rings. The van der Waals surface area contributed by atoms with E-state index in [-0.39, 0.29) is 11.7 Å². The molecule has 3 aromatic rings. The highest BCUT2D eigenvalue weighted by atomic mass is 32.2. The number of para-hydroxylation sites is 2. The van der Waals surface area contributed by atoms with Gasteiger partial charge in [0.2, 0.25) is 0 Å². The van der Waals surface area contributed by atoms with Crippen LogP contribution in [0.1, 0.15) is 21.5 Å². The minimum Gasteiger partial charge on any atom is -0.506 e. The summed E-state index contributed by atoms with van der Waals surface area (Å²) < 4.78 is 0. The Morgan fingerprint density at radius 1 is 1.00 bits per heavy atom. The highest BCUT2D eigenvalue weighted by molar-refractivity contribution is 7.99. The third-order valence-electron chi connectivity index (χ3n) is 5.33. The molecule has 154 valence electrons. The second-order valence-electron chi connectivity index (χ2n) is 7.50. The van der Waals surface area contributed by atoms with Gasteiger partial charge in [-0.15, -0.1) is 0 Å². The second kappa shape index (κ2) is 8.79. The van der Waals surface area contributed by atoms with E-state index in [0.717, 1.165) is 15.6 Å². The van der Waals surface area contributed by atoms with E-state index in [1.807, 2.05) is 35.2 Å². The van der Waals surface area contributed by atoms with Crippen LogP contribution in [0.15, 0.2) is 70.7 Å². The number of rotatable bonds is 4. The van der Waals surface area contributed by atoms with Gasteiger partial charge in [-0.2, -0.15) is 0 Å². The molecular formula is C24H25N3O2S. The van der Waals surface area contributed by atoms with Crippen LogP contribution >= 0.6 is 11.8 Å². The molecule has 1 aliphatic rings. The highest BCUT2D eigenvalue weighted by Gasteiger charge is 2.25. The van der Waals surface area contributed by atoms with Gasteiger partial charge < -0.3 is 14.9 Å². The first-order valence-electron chi connectivity index (χ1n) is 10.1. The van der Waals surface area contributed by atoms with Crippen LogP contribution in [-0.2, 0) is 0 Å². The maximum absolute atomic E-state index is 13.3. The van der Waals surface area contributed by atoms with Crippen LogP contribution in [0.5, 0.6) is 5.75 Å². The Kier molecular flexibility index (Phi) is 5.95. The Morgan fingerprint density at radius 3 is 2.50 bits per heavy atom. The molecule has 0 aliphatic carbocycles. The van der Waals surface area contributed by atoms with Gasteiger partial charge in [0, 0.05) is 37.3 Å². The average molecular weight is 420 g/mol. The third kappa shape index (κ3) is 4.28. The molecule has 6 heteroatoms. The lowest BCUT2D eigenvalue weighted by molar-refractivity contribution is 0.0742. The summed E-state index contributed by atoms with van der Waals surface area (Å²) in [5.41, 5.74) is 3.85. The molecular weight excluding hydrogens is 394 g/mol. The van der Waals surface area contributed by atoms with E-state index < -0.39 is 0 Å². The first-order chi connectivity index (χ1) is 14.5. The normalized spacial score (nSPS) is 14.1. The van der Waals surface area contributed by atoms with Crippen LogP contribution < -0.4 is 4.90 Å². The van der Waals surface area contributed by atoms with Crippen LogP contribution in [0, 0.1) is 13.8 Å². The molecule has 1 aliphatic heterocycles. The number of phenols is 1. The number of aryl methyl sites for hydroxylation is 2. The molecule has 2 aromatic carbocycles. The van der Waals surface area contributed by atoms with Crippen molar-refractivity contribution in [1.29, 1.82) is 0 Å². The van der Waals surface area contributed by atoms with Gasteiger partial charge >= 0.3 is 0 Å². The van der Waals surface area contributed by atoms with Gasteiger partial charge in [0.05, 0.1) is 11.3 Å². The Morgan fingerprint density at radius 2 is 1.77 bits per heavy atom. The standard InChI is InChI=1S/C24H25N3O2S/c1-17-9-10-22(18(2)16-17)30-23-19(6-5-11-25-23)24(29)27-14-12-26(13-15-27)20-7-3-4-8-21(20)28/h3-11,16,28H,12-15H2,1-2H3. The lowest BCUT2D eigenvalue weighted by Crippen LogP contribution is -2.49. The van der Waals surface area contributed by atoms with Crippen LogP contribution in [0.4, 0.5) is 5.69 Å². The summed E-state index contributed by atoms with van der Waals surface area (Å²) in [6.07, 6.45) is 1.73. The molecule has 1 aromatic heterocycles. The Hall–Kier alpha value is -2.99. The molecule has 5 nitrogen and oxygen atoms in total. The number of anilines is 1. The number of hydrogen-bond donors (Lipinski definition) is 1. The number of hydrogen-bond acceptors (Lipinski definition) is 5. The van der Waals surface area contributed by atoms with Crippen molar-refractivity contribution in [2.45, 2.75) is 23.8 Å². The van der Waals surface area contributed by atoms with Crippen molar-refractivity contribution >= 4 is 23.4 Å². The lowest BCUT2D eigenvalue weighted by Gasteiger charge is -2.36. The van der Waals surface area contributed by atoms with Gasteiger partial charge in [0.1, 0.15) is 10.8 Å². The summed E-state index contributed by atoms with van der Waals surface area (Å²) in [6.45, 7) is 6.74. The van der Waals surface area contributed by atoms with Gasteiger partial charge in [0.25, 0.3) is 5.91 Å². The molecule has 1 amide bonds. The number of phenolic OH excluding ortho intramolecular Hbond substituents is 1. The van der Waals surface area contributed by atoms with Gasteiger partial charge in [-0.1, -0.05) is 41.6 Å². The van der Waals surface area contributed by atoms with E-state index in [4.69, 9.17) is 0 Å². The average Bonchev–Trinajstić information content (AvgIpc) is 2.76. The number of benzene rings is 2. The van der Waals surface area contributed by atoms with Crippen molar-refractivity contribution in [3.8, 4) is 5.75 Å². The first-order valence-corrected chi connectivity index (χ1v) is 10.9. The van der Waals surface area contributed by atoms with Gasteiger partial charge in [-0.05, 0) is 49.7 Å². The summed E-state index contributed by atoms with van der Waals surface area (Å²) in [7, 11) is 0. The number of amides is 1. The molecule has 0 atom stereocenters. The molecule has 1 N–H and O–H groups in total. The van der Waals surface area contributed by atoms with Crippen LogP contribution in [-0.4, -0.2) is 47.1 Å². The van der Waals surface area contributed by atoms with Crippen LogP contribution in [0.25, 0.3) is 0 Å². The van der Waals surface area contributed by atoms with Crippen LogP contribution in [0.3, 0.4) is 0 Å². The fourth-order valence-corrected chi connectivity index (χ4v) is 4.65. The Labute approximate surface area is 181 Å². The zero-order chi connectivity index (χ0) is 21.1. The fourth-order valence-electron chi connectivity index (χ4n) is 3.71. The minimum absolute atomic E-state index is 0.00676. The molecule has 0 saturated carbocycles. The first kappa shape index (κ1) is 20.3. The number of nitrogens with zero attached hydrogens (tertiary/aromatic N) is 3. The monoisotopic (exact) mass is 419 g/mol. The van der Waals surface area contributed by atoms with Crippen LogP contribution in [0.2, 0.25) is 0 Å². The molecule has 4 rings (SSSR count). The molecule has 30 heavy (non-hydrogen) atoms. The summed E-state index contributed by atoms with van der Waals surface area (Å²) >= 11 is 1.54. The topological polar surface area (TPSA) is 56.7 Å². The quantitative estimate of drug-likeness (QED) is 0.674. The van der Waals surface area contributed by atoms with E-state index in [0.29, 0.717) is 31.7 Å². The Bertz CT molecular complexity index is 1060. The SMILES string of the molecule is Cc1ccc(Sc2ncccc2C(=O)N2CCN(c3ccccc3O)CC2)c(C)c1. The zero-order valence-corrected chi connectivity index (χ0v) is 18.0. The fraction of sp³-hybridized carbons (Fsp3) is 0.250. The molecule has 1 saturated heterocycles. The van der Waals surface area contributed by atoms with Gasteiger partial charge in [-0.25, -0.2) is 4.98 Å². The summed E-state index contributed by atoms with van der Waals surface area (Å²) in [6, 6.07) is 17.3. The number of carbonyl (C=O) groups excluding carboxylic acids is 1. The van der Waals surface area contributed by atoms with Gasteiger partial charge in [-0.3, -0.25) is 4.79 Å². The van der Waals surface area contributed by atoms with Gasteiger partial charge in [0.15, 0.2) is 0 Å². The van der Waals surface area contributed by atoms with Crippen molar-refractivity contribution in [3.63, 3.8) is 0 Å². The van der Waals surface area contributed by atoms with E-state index in [9.17, 15) is 9.90 Å². The predicted octanol–water partition coefficient (Wildman–Crippen LogP) is 4.52. The van der Waals surface area contributed by atoms with Crippen molar-refractivity contribution in [3.05, 3.63) is 77.5 Å². The van der Waals surface area contributed by atoms with E-state index in [1.165, 1.54) is 22.9 Å². The molecule has 2 heterocycles. The number of aromatic hydroxyl groups is 1. The smallest absolute Gasteiger partial charge is 0.256 e. The van der Waals surface area contributed by atoms with E-state index in [1.54, 1.807) is 12.3 Å². The summed E-state index contributed by atoms with van der Waals surface area (Å²) in [5.74, 6) is 0.281. The molecule has 0 spiro atoms. The highest BCUT2D eigenvalue weighted by Crippen LogP contribution is 2.32. The maximum Gasteiger partial charge on any atom is 0.256 e. The lowest BCUT2D eigenvalue weighted by atomic mass is 10.2. The second-order valence-corrected chi connectivity index (χ2v) is 8.53. The molecule has 0 bridgehead atoms. The predicted molar refractivity (Wildman–Crippen MR) is 120 cm³/mol.